The average Bonchev–Trinajstić information content (AvgIpc) is 2.44. The van der Waals surface area contributed by atoms with Crippen LogP contribution in [0.4, 0.5) is 10.1 Å². The third-order valence-electron chi connectivity index (χ3n) is 2.86. The fraction of sp³-hybridized carbons (Fsp3) is 0. The molecule has 20 heavy (non-hydrogen) atoms. The van der Waals surface area contributed by atoms with Gasteiger partial charge >= 0.3 is 0 Å². The van der Waals surface area contributed by atoms with Crippen molar-refractivity contribution >= 4 is 28.2 Å². The van der Waals surface area contributed by atoms with Gasteiger partial charge in [0.1, 0.15) is 11.6 Å². The number of halogens is 2. The summed E-state index contributed by atoms with van der Waals surface area (Å²) in [6.07, 6.45) is 1.52. The van der Waals surface area contributed by atoms with Gasteiger partial charge in [0.05, 0.1) is 22.4 Å². The fourth-order valence-corrected chi connectivity index (χ4v) is 2.12. The number of aromatic nitrogens is 1. The summed E-state index contributed by atoms with van der Waals surface area (Å²) in [5.41, 5.74) is 7.06. The highest BCUT2D eigenvalue weighted by Gasteiger charge is 2.11. The molecule has 3 nitrogen and oxygen atoms in total. The molecule has 5 heteroatoms. The number of nitrogens with zero attached hydrogens (tertiary/aromatic N) is 1. The maximum Gasteiger partial charge on any atom is 0.161 e. The third-order valence-corrected chi connectivity index (χ3v) is 3.15. The van der Waals surface area contributed by atoms with Crippen LogP contribution in [-0.4, -0.2) is 4.98 Å². The van der Waals surface area contributed by atoms with Crippen LogP contribution < -0.4 is 10.5 Å². The fourth-order valence-electron chi connectivity index (χ4n) is 1.91. The Kier molecular flexibility index (Phi) is 3.16. The van der Waals surface area contributed by atoms with Crippen molar-refractivity contribution in [2.45, 2.75) is 0 Å². The molecule has 0 spiro atoms. The number of ether oxygens (including phenoxy) is 1. The van der Waals surface area contributed by atoms with Gasteiger partial charge in [-0.3, -0.25) is 4.98 Å². The summed E-state index contributed by atoms with van der Waals surface area (Å²) in [5.74, 6) is 0.384. The molecular weight excluding hydrogens is 279 g/mol. The van der Waals surface area contributed by atoms with Crippen molar-refractivity contribution < 1.29 is 9.13 Å². The molecule has 1 heterocycles. The van der Waals surface area contributed by atoms with E-state index in [9.17, 15) is 4.39 Å². The number of benzene rings is 2. The normalized spacial score (nSPS) is 10.7. The van der Waals surface area contributed by atoms with Crippen LogP contribution in [0.1, 0.15) is 0 Å². The van der Waals surface area contributed by atoms with Gasteiger partial charge in [-0.25, -0.2) is 4.39 Å². The van der Waals surface area contributed by atoms with Crippen molar-refractivity contribution in [2.24, 2.45) is 0 Å². The highest BCUT2D eigenvalue weighted by molar-refractivity contribution is 6.32. The molecule has 0 bridgehead atoms. The van der Waals surface area contributed by atoms with Gasteiger partial charge in [-0.15, -0.1) is 0 Å². The van der Waals surface area contributed by atoms with E-state index in [-0.39, 0.29) is 5.02 Å². The molecule has 1 aromatic heterocycles. The summed E-state index contributed by atoms with van der Waals surface area (Å²) >= 11 is 5.96. The molecular formula is C15H10ClFN2O. The lowest BCUT2D eigenvalue weighted by molar-refractivity contribution is 0.488. The molecule has 0 radical (unpaired) electrons. The van der Waals surface area contributed by atoms with Crippen molar-refractivity contribution in [1.29, 1.82) is 0 Å². The smallest absolute Gasteiger partial charge is 0.161 e. The number of anilines is 1. The molecule has 0 amide bonds. The summed E-state index contributed by atoms with van der Waals surface area (Å²) in [4.78, 5) is 4.22. The highest BCUT2D eigenvalue weighted by Crippen LogP contribution is 2.37. The Bertz CT molecular complexity index is 792. The van der Waals surface area contributed by atoms with Crippen molar-refractivity contribution in [3.05, 3.63) is 59.5 Å². The van der Waals surface area contributed by atoms with Gasteiger partial charge in [0.2, 0.25) is 0 Å². The van der Waals surface area contributed by atoms with Crippen LogP contribution in [0.2, 0.25) is 5.02 Å². The van der Waals surface area contributed by atoms with Gasteiger partial charge < -0.3 is 10.5 Å². The van der Waals surface area contributed by atoms with E-state index in [1.165, 1.54) is 24.4 Å². The predicted molar refractivity (Wildman–Crippen MR) is 77.6 cm³/mol. The lowest BCUT2D eigenvalue weighted by atomic mass is 10.2. The van der Waals surface area contributed by atoms with Gasteiger partial charge in [0.25, 0.3) is 0 Å². The van der Waals surface area contributed by atoms with Crippen LogP contribution >= 0.6 is 11.6 Å². The maximum absolute atomic E-state index is 13.0. The first-order chi connectivity index (χ1) is 9.65. The Morgan fingerprint density at radius 1 is 1.15 bits per heavy atom. The molecule has 0 aliphatic heterocycles. The SMILES string of the molecule is Nc1cnc2ccccc2c1Oc1ccc(F)cc1Cl. The average molecular weight is 289 g/mol. The van der Waals surface area contributed by atoms with Crippen LogP contribution in [0.3, 0.4) is 0 Å². The number of para-hydroxylation sites is 1. The van der Waals surface area contributed by atoms with E-state index < -0.39 is 5.82 Å². The molecule has 100 valence electrons. The minimum atomic E-state index is -0.421. The topological polar surface area (TPSA) is 48.1 Å². The molecule has 0 aliphatic carbocycles. The minimum Gasteiger partial charge on any atom is -0.453 e. The van der Waals surface area contributed by atoms with Crippen LogP contribution in [0.25, 0.3) is 10.9 Å². The summed E-state index contributed by atoms with van der Waals surface area (Å²) in [5, 5.41) is 0.957. The standard InChI is InChI=1S/C15H10ClFN2O/c16-11-7-9(17)5-6-14(11)20-15-10-3-1-2-4-13(10)19-8-12(15)18/h1-8H,18H2. The number of rotatable bonds is 2. The van der Waals surface area contributed by atoms with E-state index in [0.717, 1.165) is 10.9 Å². The molecule has 0 fully saturated rings. The predicted octanol–water partition coefficient (Wildman–Crippen LogP) is 4.40. The zero-order valence-electron chi connectivity index (χ0n) is 10.3. The van der Waals surface area contributed by atoms with E-state index in [1.807, 2.05) is 24.3 Å². The number of nitrogen functional groups attached to an aromatic ring is 1. The zero-order valence-corrected chi connectivity index (χ0v) is 11.1. The Balaban J connectivity index is 2.12. The van der Waals surface area contributed by atoms with E-state index in [0.29, 0.717) is 17.2 Å². The summed E-state index contributed by atoms with van der Waals surface area (Å²) in [7, 11) is 0. The van der Waals surface area contributed by atoms with Gasteiger partial charge in [-0.05, 0) is 30.3 Å². The molecule has 3 rings (SSSR count). The van der Waals surface area contributed by atoms with Crippen molar-refractivity contribution in [1.82, 2.24) is 4.98 Å². The zero-order chi connectivity index (χ0) is 14.1. The Morgan fingerprint density at radius 2 is 1.95 bits per heavy atom. The van der Waals surface area contributed by atoms with Crippen molar-refractivity contribution in [2.75, 3.05) is 5.73 Å². The van der Waals surface area contributed by atoms with Gasteiger partial charge in [-0.2, -0.15) is 0 Å². The lowest BCUT2D eigenvalue weighted by Crippen LogP contribution is -1.95. The first-order valence-electron chi connectivity index (χ1n) is 5.91. The summed E-state index contributed by atoms with van der Waals surface area (Å²) in [6, 6.07) is 11.4. The number of hydrogen-bond donors (Lipinski definition) is 1. The molecule has 3 aromatic rings. The third kappa shape index (κ3) is 2.26. The molecule has 0 saturated carbocycles. The van der Waals surface area contributed by atoms with Crippen LogP contribution in [0.5, 0.6) is 11.5 Å². The second-order valence-electron chi connectivity index (χ2n) is 4.24. The highest BCUT2D eigenvalue weighted by atomic mass is 35.5. The molecule has 0 atom stereocenters. The number of pyridine rings is 1. The number of hydrogen-bond acceptors (Lipinski definition) is 3. The van der Waals surface area contributed by atoms with E-state index in [1.54, 1.807) is 0 Å². The van der Waals surface area contributed by atoms with E-state index >= 15 is 0 Å². The van der Waals surface area contributed by atoms with Gasteiger partial charge in [0, 0.05) is 5.39 Å². The Labute approximate surface area is 119 Å². The van der Waals surface area contributed by atoms with Crippen LogP contribution in [0, 0.1) is 5.82 Å². The molecule has 0 unspecified atom stereocenters. The van der Waals surface area contributed by atoms with E-state index in [2.05, 4.69) is 4.98 Å². The Morgan fingerprint density at radius 3 is 2.75 bits per heavy atom. The molecule has 2 aromatic carbocycles. The van der Waals surface area contributed by atoms with Crippen LogP contribution in [-0.2, 0) is 0 Å². The molecule has 2 N–H and O–H groups in total. The lowest BCUT2D eigenvalue weighted by Gasteiger charge is -2.12. The van der Waals surface area contributed by atoms with Crippen LogP contribution in [0.15, 0.2) is 48.7 Å². The summed E-state index contributed by atoms with van der Waals surface area (Å²) in [6.45, 7) is 0. The van der Waals surface area contributed by atoms with Gasteiger partial charge in [0.15, 0.2) is 5.75 Å². The Hall–Kier alpha value is -2.33. The minimum absolute atomic E-state index is 0.185. The van der Waals surface area contributed by atoms with Crippen molar-refractivity contribution in [3.63, 3.8) is 0 Å². The monoisotopic (exact) mass is 288 g/mol. The second-order valence-corrected chi connectivity index (χ2v) is 4.64. The second kappa shape index (κ2) is 4.98. The quantitative estimate of drug-likeness (QED) is 0.760. The summed E-state index contributed by atoms with van der Waals surface area (Å²) < 4.78 is 18.8. The maximum atomic E-state index is 13.0. The number of nitrogens with two attached hydrogens (primary N) is 1. The van der Waals surface area contributed by atoms with Crippen molar-refractivity contribution in [3.8, 4) is 11.5 Å². The largest absolute Gasteiger partial charge is 0.453 e. The van der Waals surface area contributed by atoms with E-state index in [4.69, 9.17) is 22.1 Å². The molecule has 0 saturated heterocycles. The first kappa shape index (κ1) is 12.7. The first-order valence-corrected chi connectivity index (χ1v) is 6.29. The number of fused-ring (bicyclic) bond motifs is 1. The molecule has 0 aliphatic rings. The van der Waals surface area contributed by atoms with Gasteiger partial charge in [-0.1, -0.05) is 23.7 Å².